The minimum absolute atomic E-state index is 0. The largest absolute Gasteiger partial charge is 2.00 e. The van der Waals surface area contributed by atoms with Crippen molar-refractivity contribution in [2.45, 2.75) is 20.0 Å². The van der Waals surface area contributed by atoms with Crippen molar-refractivity contribution < 1.29 is 34.8 Å². The van der Waals surface area contributed by atoms with Crippen LogP contribution in [0.2, 0.25) is 0 Å². The van der Waals surface area contributed by atoms with Crippen LogP contribution in [0.15, 0.2) is 0 Å². The van der Waals surface area contributed by atoms with Crippen molar-refractivity contribution in [2.24, 2.45) is 0 Å². The molecule has 0 aromatic heterocycles. The molecule has 0 unspecified atom stereocenters. The number of hydrogen-bond acceptors (Lipinski definition) is 3. The van der Waals surface area contributed by atoms with Gasteiger partial charge in [0.2, 0.25) is 0 Å². The first-order valence-corrected chi connectivity index (χ1v) is 3.12. The van der Waals surface area contributed by atoms with Gasteiger partial charge in [0.05, 0.1) is 13.2 Å². The number of aliphatic hydroxyl groups excluding tert-OH is 3. The fraction of sp³-hybridized carbons (Fsp3) is 0.714. The van der Waals surface area contributed by atoms with Gasteiger partial charge < -0.3 is 29.2 Å². The van der Waals surface area contributed by atoms with Gasteiger partial charge in [0.15, 0.2) is 0 Å². The molecule has 0 fully saturated rings. The van der Waals surface area contributed by atoms with Gasteiger partial charge in [0.25, 0.3) is 0 Å². The van der Waals surface area contributed by atoms with Crippen molar-refractivity contribution in [2.75, 3.05) is 13.2 Å². The van der Waals surface area contributed by atoms with Crippen LogP contribution in [0, 0.1) is 13.8 Å². The van der Waals surface area contributed by atoms with Gasteiger partial charge in [-0.15, -0.1) is 0 Å². The van der Waals surface area contributed by atoms with Crippen LogP contribution in [0.5, 0.6) is 0 Å². The molecule has 0 aromatic rings. The molecule has 0 heterocycles. The molecule has 66 valence electrons. The third-order valence-corrected chi connectivity index (χ3v) is 0.421. The molecule has 0 aliphatic carbocycles. The van der Waals surface area contributed by atoms with E-state index in [2.05, 4.69) is 13.8 Å². The van der Waals surface area contributed by atoms with E-state index in [0.717, 1.165) is 0 Å². The van der Waals surface area contributed by atoms with E-state index in [9.17, 15) is 0 Å². The van der Waals surface area contributed by atoms with Crippen LogP contribution in [-0.4, -0.2) is 34.6 Å². The first-order valence-electron chi connectivity index (χ1n) is 3.12. The molecule has 0 amide bonds. The Morgan fingerprint density at radius 3 is 1.18 bits per heavy atom. The van der Waals surface area contributed by atoms with Gasteiger partial charge in [-0.25, -0.2) is 0 Å². The molecule has 0 saturated heterocycles. The van der Waals surface area contributed by atoms with E-state index in [1.807, 2.05) is 0 Å². The second-order valence-electron chi connectivity index (χ2n) is 1.02. The van der Waals surface area contributed by atoms with Crippen molar-refractivity contribution in [3.63, 3.8) is 0 Å². The zero-order chi connectivity index (χ0) is 8.99. The van der Waals surface area contributed by atoms with E-state index in [1.165, 1.54) is 0 Å². The Morgan fingerprint density at radius 2 is 1.18 bits per heavy atom. The Balaban J connectivity index is -0.0000000428. The normalized spacial score (nSPS) is 6.55. The van der Waals surface area contributed by atoms with Gasteiger partial charge >= 0.3 is 19.5 Å². The van der Waals surface area contributed by atoms with Gasteiger partial charge in [-0.3, -0.25) is 0 Å². The molecule has 0 aromatic carbocycles. The van der Waals surface area contributed by atoms with Crippen molar-refractivity contribution in [1.29, 1.82) is 0 Å². The van der Waals surface area contributed by atoms with Crippen LogP contribution in [0.1, 0.15) is 13.8 Å². The molecule has 0 rings (SSSR count). The molecule has 0 saturated carbocycles. The summed E-state index contributed by atoms with van der Waals surface area (Å²) < 4.78 is 0. The van der Waals surface area contributed by atoms with Crippen LogP contribution >= 0.6 is 0 Å². The van der Waals surface area contributed by atoms with Gasteiger partial charge in [-0.1, -0.05) is 0 Å². The molecule has 4 heteroatoms. The molecule has 11 heavy (non-hydrogen) atoms. The summed E-state index contributed by atoms with van der Waals surface area (Å²) in [6.45, 7) is 9.27. The Kier molecular flexibility index (Phi) is 64.2. The molecule has 3 N–H and O–H groups in total. The average molecular weight is 216 g/mol. The second kappa shape index (κ2) is 31.3. The molecule has 0 bridgehead atoms. The fourth-order valence-electron chi connectivity index (χ4n) is 0.0577. The minimum Gasteiger partial charge on any atom is -0.394 e. The third-order valence-electron chi connectivity index (χ3n) is 0.421. The van der Waals surface area contributed by atoms with E-state index < -0.39 is 6.10 Å². The van der Waals surface area contributed by atoms with Crippen LogP contribution < -0.4 is 0 Å². The van der Waals surface area contributed by atoms with Gasteiger partial charge in [0.1, 0.15) is 6.10 Å². The Bertz CT molecular complexity index is 32.9. The van der Waals surface area contributed by atoms with E-state index in [0.29, 0.717) is 0 Å². The zero-order valence-electron chi connectivity index (χ0n) is 7.45. The fourth-order valence-corrected chi connectivity index (χ4v) is 0.0577. The van der Waals surface area contributed by atoms with Crippen molar-refractivity contribution in [1.82, 2.24) is 0 Å². The SMILES string of the molecule is OCC(O)CO.[CH2-]C.[CH2-]C.[Zn+2]. The second-order valence-corrected chi connectivity index (χ2v) is 1.02. The summed E-state index contributed by atoms with van der Waals surface area (Å²) in [5.74, 6) is 0. The average Bonchev–Trinajstić information content (AvgIpc) is 2.10. The molecular formula is C7H18O3Zn. The van der Waals surface area contributed by atoms with E-state index in [-0.39, 0.29) is 32.7 Å². The van der Waals surface area contributed by atoms with Crippen molar-refractivity contribution in [3.05, 3.63) is 13.8 Å². The third kappa shape index (κ3) is 37.4. The van der Waals surface area contributed by atoms with Crippen LogP contribution in [0.25, 0.3) is 0 Å². The number of hydrogen-bond donors (Lipinski definition) is 3. The monoisotopic (exact) mass is 214 g/mol. The van der Waals surface area contributed by atoms with Gasteiger partial charge in [0, 0.05) is 0 Å². The number of aliphatic hydroxyl groups is 3. The zero-order valence-corrected chi connectivity index (χ0v) is 10.4. The Morgan fingerprint density at radius 1 is 1.00 bits per heavy atom. The standard InChI is InChI=1S/C3H8O3.2C2H5.Zn/c4-1-3(6)2-5;2*1-2;/h3-6H,1-2H2;2*1H2,2H3;/q;2*-1;+2. The summed E-state index contributed by atoms with van der Waals surface area (Å²) in [7, 11) is 0. The Labute approximate surface area is 82.2 Å². The van der Waals surface area contributed by atoms with Crippen molar-refractivity contribution >= 4 is 0 Å². The van der Waals surface area contributed by atoms with E-state index in [1.54, 1.807) is 13.8 Å². The quantitative estimate of drug-likeness (QED) is 0.449. The summed E-state index contributed by atoms with van der Waals surface area (Å²) in [6.07, 6.45) is -0.954. The maximum atomic E-state index is 8.17. The molecule has 0 aliphatic rings. The maximum absolute atomic E-state index is 8.17. The molecule has 3 nitrogen and oxygen atoms in total. The first-order chi connectivity index (χ1) is 4.81. The molecule has 0 atom stereocenters. The van der Waals surface area contributed by atoms with Gasteiger partial charge in [-0.05, 0) is 0 Å². The van der Waals surface area contributed by atoms with Crippen LogP contribution in [0.3, 0.4) is 0 Å². The van der Waals surface area contributed by atoms with Gasteiger partial charge in [-0.2, -0.15) is 13.8 Å². The predicted octanol–water partition coefficient (Wildman–Crippen LogP) is 0.0102. The predicted molar refractivity (Wildman–Crippen MR) is 42.2 cm³/mol. The van der Waals surface area contributed by atoms with E-state index >= 15 is 0 Å². The summed E-state index contributed by atoms with van der Waals surface area (Å²) in [6, 6.07) is 0. The molecule has 0 spiro atoms. The Hall–Kier alpha value is 0.503. The molecular weight excluding hydrogens is 197 g/mol. The summed E-state index contributed by atoms with van der Waals surface area (Å²) in [5, 5.41) is 24.0. The topological polar surface area (TPSA) is 60.7 Å². The molecule has 0 aliphatic heterocycles. The summed E-state index contributed by atoms with van der Waals surface area (Å²) in [4.78, 5) is 0. The number of rotatable bonds is 2. The van der Waals surface area contributed by atoms with Crippen LogP contribution in [0.4, 0.5) is 0 Å². The maximum Gasteiger partial charge on any atom is 2.00 e. The first kappa shape index (κ1) is 22.5. The summed E-state index contributed by atoms with van der Waals surface area (Å²) >= 11 is 0. The van der Waals surface area contributed by atoms with E-state index in [4.69, 9.17) is 15.3 Å². The van der Waals surface area contributed by atoms with Crippen LogP contribution in [-0.2, 0) is 19.5 Å². The summed E-state index contributed by atoms with van der Waals surface area (Å²) in [5.41, 5.74) is 0. The smallest absolute Gasteiger partial charge is 0.394 e. The van der Waals surface area contributed by atoms with Crippen molar-refractivity contribution in [3.8, 4) is 0 Å². The minimum atomic E-state index is -0.954. The molecule has 0 radical (unpaired) electrons.